The van der Waals surface area contributed by atoms with Crippen LogP contribution >= 0.6 is 0 Å². The number of benzene rings is 2. The smallest absolute Gasteiger partial charge is 0.407 e. The van der Waals surface area contributed by atoms with Crippen molar-refractivity contribution in [1.29, 1.82) is 0 Å². The predicted octanol–water partition coefficient (Wildman–Crippen LogP) is 7.09. The molecule has 4 aromatic rings. The number of amides is 1. The quantitative estimate of drug-likeness (QED) is 0.225. The largest absolute Gasteiger partial charge is 0.493 e. The molecule has 0 atom stereocenters. The van der Waals surface area contributed by atoms with Crippen molar-refractivity contribution < 1.29 is 19.4 Å². The Morgan fingerprint density at radius 1 is 1.10 bits per heavy atom. The molecule has 0 spiro atoms. The number of fused-ring (bicyclic) bond motifs is 1. The van der Waals surface area contributed by atoms with Crippen molar-refractivity contribution in [3.63, 3.8) is 0 Å². The van der Waals surface area contributed by atoms with Gasteiger partial charge in [-0.05, 0) is 75.6 Å². The number of hydrogen-bond acceptors (Lipinski definition) is 6. The maximum Gasteiger partial charge on any atom is 0.407 e. The first-order chi connectivity index (χ1) is 18.5. The fourth-order valence-electron chi connectivity index (χ4n) is 4.23. The second kappa shape index (κ2) is 11.6. The number of nitrogens with zero attached hydrogens (tertiary/aromatic N) is 4. The van der Waals surface area contributed by atoms with Gasteiger partial charge in [-0.15, -0.1) is 0 Å². The van der Waals surface area contributed by atoms with E-state index in [9.17, 15) is 9.90 Å². The van der Waals surface area contributed by atoms with Crippen LogP contribution in [0.3, 0.4) is 0 Å². The molecule has 0 aliphatic heterocycles. The fraction of sp³-hybridized carbons (Fsp3) is 0.367. The number of carboxylic acid groups (broad SMARTS) is 1. The van der Waals surface area contributed by atoms with Gasteiger partial charge in [0.05, 0.1) is 12.1 Å². The number of rotatable bonds is 10. The van der Waals surface area contributed by atoms with E-state index < -0.39 is 11.6 Å². The molecule has 1 amide bonds. The van der Waals surface area contributed by atoms with E-state index >= 15 is 0 Å². The zero-order chi connectivity index (χ0) is 28.2. The van der Waals surface area contributed by atoms with Crippen LogP contribution in [0.15, 0.2) is 61.1 Å². The topological polar surface area (TPSA) is 102 Å². The number of hydrogen-bond donors (Lipinski definition) is 2. The highest BCUT2D eigenvalue weighted by Gasteiger charge is 2.26. The monoisotopic (exact) mass is 531 g/mol. The zero-order valence-electron chi connectivity index (χ0n) is 23.4. The first-order valence-corrected chi connectivity index (χ1v) is 13.1. The maximum absolute atomic E-state index is 11.8. The molecular weight excluding hydrogens is 494 g/mol. The van der Waals surface area contributed by atoms with Gasteiger partial charge in [-0.25, -0.2) is 14.8 Å². The average molecular weight is 532 g/mol. The molecular formula is C30H37N5O4. The van der Waals surface area contributed by atoms with Crippen molar-refractivity contribution in [2.45, 2.75) is 53.6 Å². The van der Waals surface area contributed by atoms with Gasteiger partial charge in [-0.1, -0.05) is 19.9 Å². The van der Waals surface area contributed by atoms with Gasteiger partial charge in [-0.2, -0.15) is 0 Å². The Morgan fingerprint density at radius 3 is 2.56 bits per heavy atom. The van der Waals surface area contributed by atoms with E-state index in [1.54, 1.807) is 0 Å². The third-order valence-electron chi connectivity index (χ3n) is 6.21. The Bertz CT molecular complexity index is 1440. The molecule has 9 nitrogen and oxygen atoms in total. The minimum absolute atomic E-state index is 0.339. The summed E-state index contributed by atoms with van der Waals surface area (Å²) in [6, 6.07) is 15.4. The van der Waals surface area contributed by atoms with E-state index in [0.29, 0.717) is 37.2 Å². The van der Waals surface area contributed by atoms with Gasteiger partial charge in [0.1, 0.15) is 29.1 Å². The van der Waals surface area contributed by atoms with Crippen LogP contribution in [0, 0.1) is 12.8 Å². The number of ether oxygens (including phenoxy) is 2. The van der Waals surface area contributed by atoms with Crippen molar-refractivity contribution in [3.05, 3.63) is 66.6 Å². The van der Waals surface area contributed by atoms with Crippen LogP contribution in [0.25, 0.3) is 11.0 Å². The summed E-state index contributed by atoms with van der Waals surface area (Å²) < 4.78 is 14.0. The molecule has 206 valence electrons. The molecule has 0 unspecified atom stereocenters. The molecule has 0 aliphatic carbocycles. The number of nitrogens with one attached hydrogen (secondary N) is 1. The average Bonchev–Trinajstić information content (AvgIpc) is 3.28. The molecule has 2 heterocycles. The SMILES string of the molecule is Cc1cc(Nc2ncnc3ccn(CCN(C(=O)O)C(C)(C)C)c23)ccc1Oc1cccc(OCC(C)C)c1. The van der Waals surface area contributed by atoms with Crippen LogP contribution in [0.4, 0.5) is 16.3 Å². The summed E-state index contributed by atoms with van der Waals surface area (Å²) in [5.41, 5.74) is 2.89. The van der Waals surface area contributed by atoms with Crippen molar-refractivity contribution in [2.75, 3.05) is 18.5 Å². The lowest BCUT2D eigenvalue weighted by Crippen LogP contribution is -2.46. The van der Waals surface area contributed by atoms with Crippen molar-refractivity contribution in [2.24, 2.45) is 5.92 Å². The lowest BCUT2D eigenvalue weighted by atomic mass is 10.1. The number of aromatic nitrogens is 3. The van der Waals surface area contributed by atoms with Gasteiger partial charge in [0, 0.05) is 36.6 Å². The normalized spacial score (nSPS) is 11.6. The molecule has 0 bridgehead atoms. The Morgan fingerprint density at radius 2 is 1.87 bits per heavy atom. The van der Waals surface area contributed by atoms with Crippen molar-refractivity contribution >= 4 is 28.6 Å². The second-order valence-corrected chi connectivity index (χ2v) is 11.0. The van der Waals surface area contributed by atoms with E-state index in [4.69, 9.17) is 9.47 Å². The Hall–Kier alpha value is -4.27. The molecule has 0 radical (unpaired) electrons. The molecule has 2 aromatic carbocycles. The van der Waals surface area contributed by atoms with Crippen LogP contribution in [0.2, 0.25) is 0 Å². The van der Waals surface area contributed by atoms with Gasteiger partial charge >= 0.3 is 6.09 Å². The van der Waals surface area contributed by atoms with Crippen LogP contribution in [-0.4, -0.2) is 49.3 Å². The fourth-order valence-corrected chi connectivity index (χ4v) is 4.23. The lowest BCUT2D eigenvalue weighted by Gasteiger charge is -2.33. The maximum atomic E-state index is 11.8. The van der Waals surface area contributed by atoms with Gasteiger partial charge < -0.3 is 29.4 Å². The summed E-state index contributed by atoms with van der Waals surface area (Å²) in [6.45, 7) is 13.3. The first-order valence-electron chi connectivity index (χ1n) is 13.1. The molecule has 0 saturated heterocycles. The summed E-state index contributed by atoms with van der Waals surface area (Å²) in [7, 11) is 0. The number of aryl methyl sites for hydroxylation is 1. The summed E-state index contributed by atoms with van der Waals surface area (Å²) >= 11 is 0. The molecule has 0 saturated carbocycles. The van der Waals surface area contributed by atoms with Crippen LogP contribution in [-0.2, 0) is 6.54 Å². The Kier molecular flexibility index (Phi) is 8.28. The number of anilines is 2. The predicted molar refractivity (Wildman–Crippen MR) is 153 cm³/mol. The second-order valence-electron chi connectivity index (χ2n) is 11.0. The molecule has 4 rings (SSSR count). The first kappa shape index (κ1) is 27.8. The highest BCUT2D eigenvalue weighted by molar-refractivity contribution is 5.88. The minimum atomic E-state index is -0.943. The van der Waals surface area contributed by atoms with E-state index in [2.05, 4.69) is 29.1 Å². The van der Waals surface area contributed by atoms with Gasteiger partial charge in [0.25, 0.3) is 0 Å². The van der Waals surface area contributed by atoms with Crippen molar-refractivity contribution in [1.82, 2.24) is 19.4 Å². The van der Waals surface area contributed by atoms with Gasteiger partial charge in [-0.3, -0.25) is 0 Å². The highest BCUT2D eigenvalue weighted by atomic mass is 16.5. The summed E-state index contributed by atoms with van der Waals surface area (Å²) in [6.07, 6.45) is 2.49. The summed E-state index contributed by atoms with van der Waals surface area (Å²) in [5, 5.41) is 13.1. The van der Waals surface area contributed by atoms with Crippen LogP contribution in [0.5, 0.6) is 17.2 Å². The molecule has 9 heteroatoms. The van der Waals surface area contributed by atoms with Crippen LogP contribution < -0.4 is 14.8 Å². The standard InChI is InChI=1S/C30H37N5O4/c1-20(2)18-38-23-8-7-9-24(17-23)39-26-11-10-22(16-21(26)3)33-28-27-25(31-19-32-28)12-13-34(27)14-15-35(29(36)37)30(4,5)6/h7-13,16-17,19-20H,14-15,18H2,1-6H3,(H,36,37)(H,31,32,33). The Labute approximate surface area is 229 Å². The molecule has 0 fully saturated rings. The lowest BCUT2D eigenvalue weighted by molar-refractivity contribution is 0.0981. The highest BCUT2D eigenvalue weighted by Crippen LogP contribution is 2.31. The van der Waals surface area contributed by atoms with E-state index in [-0.39, 0.29) is 0 Å². The molecule has 2 aromatic heterocycles. The van der Waals surface area contributed by atoms with E-state index in [0.717, 1.165) is 33.8 Å². The third kappa shape index (κ3) is 6.98. The van der Waals surface area contributed by atoms with E-state index in [1.807, 2.05) is 87.0 Å². The Balaban J connectivity index is 1.51. The van der Waals surface area contributed by atoms with Crippen LogP contribution in [0.1, 0.15) is 40.2 Å². The zero-order valence-corrected chi connectivity index (χ0v) is 23.4. The van der Waals surface area contributed by atoms with E-state index in [1.165, 1.54) is 11.2 Å². The summed E-state index contributed by atoms with van der Waals surface area (Å²) in [4.78, 5) is 22.1. The molecule has 2 N–H and O–H groups in total. The summed E-state index contributed by atoms with van der Waals surface area (Å²) in [5.74, 6) is 3.32. The van der Waals surface area contributed by atoms with Crippen molar-refractivity contribution in [3.8, 4) is 17.2 Å². The number of carbonyl (C=O) groups is 1. The van der Waals surface area contributed by atoms with Gasteiger partial charge in [0.2, 0.25) is 0 Å². The molecule has 0 aliphatic rings. The molecule has 39 heavy (non-hydrogen) atoms. The third-order valence-corrected chi connectivity index (χ3v) is 6.21. The van der Waals surface area contributed by atoms with Gasteiger partial charge in [0.15, 0.2) is 5.82 Å². The minimum Gasteiger partial charge on any atom is -0.493 e.